The van der Waals surface area contributed by atoms with Crippen molar-refractivity contribution in [3.8, 4) is 23.0 Å². The second-order valence-corrected chi connectivity index (χ2v) is 7.52. The molecule has 0 radical (unpaired) electrons. The van der Waals surface area contributed by atoms with Crippen LogP contribution in [-0.2, 0) is 6.61 Å². The van der Waals surface area contributed by atoms with Crippen molar-refractivity contribution in [2.75, 3.05) is 21.3 Å². The highest BCUT2D eigenvalue weighted by Gasteiger charge is 2.14. The lowest BCUT2D eigenvalue weighted by Crippen LogP contribution is -2.17. The quantitative estimate of drug-likeness (QED) is 0.323. The van der Waals surface area contributed by atoms with Crippen LogP contribution in [0.25, 0.3) is 0 Å². The molecule has 0 saturated carbocycles. The van der Waals surface area contributed by atoms with Crippen LogP contribution in [0.2, 0.25) is 10.0 Å². The minimum Gasteiger partial charge on any atom is -0.493 e. The predicted molar refractivity (Wildman–Crippen MR) is 128 cm³/mol. The molecule has 0 aliphatic carbocycles. The van der Waals surface area contributed by atoms with Crippen molar-refractivity contribution in [2.45, 2.75) is 6.61 Å². The number of halogens is 2. The van der Waals surface area contributed by atoms with Gasteiger partial charge in [0.1, 0.15) is 12.4 Å². The Hall–Kier alpha value is -3.42. The molecule has 1 N–H and O–H groups in total. The number of nitrogens with zero attached hydrogens (tertiary/aromatic N) is 1. The van der Waals surface area contributed by atoms with E-state index < -0.39 is 0 Å². The van der Waals surface area contributed by atoms with Gasteiger partial charge in [-0.3, -0.25) is 4.79 Å². The van der Waals surface area contributed by atoms with Gasteiger partial charge >= 0.3 is 0 Å². The Labute approximate surface area is 201 Å². The lowest BCUT2D eigenvalue weighted by atomic mass is 10.2. The zero-order valence-electron chi connectivity index (χ0n) is 18.2. The molecule has 9 heteroatoms. The maximum absolute atomic E-state index is 12.4. The molecule has 0 fully saturated rings. The minimum absolute atomic E-state index is 0.277. The van der Waals surface area contributed by atoms with Crippen LogP contribution in [0, 0.1) is 0 Å². The van der Waals surface area contributed by atoms with Crippen LogP contribution in [0.15, 0.2) is 59.7 Å². The van der Waals surface area contributed by atoms with E-state index in [0.29, 0.717) is 44.2 Å². The van der Waals surface area contributed by atoms with Crippen LogP contribution in [0.3, 0.4) is 0 Å². The molecule has 7 nitrogen and oxygen atoms in total. The molecule has 33 heavy (non-hydrogen) atoms. The smallest absolute Gasteiger partial charge is 0.271 e. The van der Waals surface area contributed by atoms with Crippen LogP contribution in [0.5, 0.6) is 23.0 Å². The van der Waals surface area contributed by atoms with Crippen LogP contribution >= 0.6 is 23.2 Å². The van der Waals surface area contributed by atoms with Gasteiger partial charge in [0.25, 0.3) is 5.91 Å². The molecule has 0 aliphatic rings. The van der Waals surface area contributed by atoms with Crippen molar-refractivity contribution < 1.29 is 23.7 Å². The SMILES string of the molecule is COc1ccc(/C=N/NC(=O)c2ccc(OCc3ccc(Cl)cc3Cl)cc2)c(OC)c1OC. The second kappa shape index (κ2) is 11.4. The molecule has 0 bridgehead atoms. The third-order valence-corrected chi connectivity index (χ3v) is 5.22. The maximum Gasteiger partial charge on any atom is 0.271 e. The molecule has 0 heterocycles. The van der Waals surface area contributed by atoms with Gasteiger partial charge in [0, 0.05) is 26.7 Å². The fourth-order valence-corrected chi connectivity index (χ4v) is 3.42. The van der Waals surface area contributed by atoms with Crippen LogP contribution < -0.4 is 24.4 Å². The van der Waals surface area contributed by atoms with E-state index in [9.17, 15) is 4.79 Å². The number of rotatable bonds is 9. The summed E-state index contributed by atoms with van der Waals surface area (Å²) in [4.78, 5) is 12.4. The fraction of sp³-hybridized carbons (Fsp3) is 0.167. The summed E-state index contributed by atoms with van der Waals surface area (Å²) < 4.78 is 21.7. The standard InChI is InChI=1S/C24H22Cl2N2O5/c1-30-21-11-7-16(22(31-2)23(21)32-3)13-27-28-24(29)15-5-9-19(10-6-15)33-14-17-4-8-18(25)12-20(17)26/h4-13H,14H2,1-3H3,(H,28,29)/b27-13+. The highest BCUT2D eigenvalue weighted by atomic mass is 35.5. The molecule has 0 saturated heterocycles. The molecule has 0 spiro atoms. The van der Waals surface area contributed by atoms with E-state index in [1.807, 2.05) is 0 Å². The second-order valence-electron chi connectivity index (χ2n) is 6.67. The average molecular weight is 489 g/mol. The number of hydrazone groups is 1. The number of carbonyl (C=O) groups excluding carboxylic acids is 1. The number of benzene rings is 3. The van der Waals surface area contributed by atoms with Crippen LogP contribution in [-0.4, -0.2) is 33.5 Å². The number of nitrogens with one attached hydrogen (secondary N) is 1. The van der Waals surface area contributed by atoms with E-state index >= 15 is 0 Å². The van der Waals surface area contributed by atoms with E-state index in [2.05, 4.69) is 10.5 Å². The highest BCUT2D eigenvalue weighted by Crippen LogP contribution is 2.39. The number of amides is 1. The van der Waals surface area contributed by atoms with Crippen LogP contribution in [0.4, 0.5) is 0 Å². The van der Waals surface area contributed by atoms with Crippen LogP contribution in [0.1, 0.15) is 21.5 Å². The molecule has 172 valence electrons. The molecule has 0 unspecified atom stereocenters. The van der Waals surface area contributed by atoms with Gasteiger partial charge in [-0.15, -0.1) is 0 Å². The first-order chi connectivity index (χ1) is 16.0. The number of hydrogen-bond acceptors (Lipinski definition) is 6. The molecule has 3 aromatic carbocycles. The van der Waals surface area contributed by atoms with Gasteiger partial charge in [-0.2, -0.15) is 5.10 Å². The summed E-state index contributed by atoms with van der Waals surface area (Å²) >= 11 is 12.1. The highest BCUT2D eigenvalue weighted by molar-refractivity contribution is 6.35. The summed E-state index contributed by atoms with van der Waals surface area (Å²) in [6, 6.07) is 15.3. The first-order valence-corrected chi connectivity index (χ1v) is 10.5. The first kappa shape index (κ1) is 24.2. The monoisotopic (exact) mass is 488 g/mol. The Bertz CT molecular complexity index is 1150. The van der Waals surface area contributed by atoms with Crippen molar-refractivity contribution in [1.82, 2.24) is 5.43 Å². The molecular weight excluding hydrogens is 467 g/mol. The number of carbonyl (C=O) groups is 1. The summed E-state index contributed by atoms with van der Waals surface area (Å²) in [5.41, 5.74) is 4.33. The Morgan fingerprint density at radius 2 is 1.67 bits per heavy atom. The first-order valence-electron chi connectivity index (χ1n) is 9.76. The fourth-order valence-electron chi connectivity index (χ4n) is 2.95. The molecule has 3 aromatic rings. The van der Waals surface area contributed by atoms with E-state index in [1.165, 1.54) is 27.5 Å². The molecule has 0 atom stereocenters. The topological polar surface area (TPSA) is 78.4 Å². The van der Waals surface area contributed by atoms with Crippen molar-refractivity contribution in [3.63, 3.8) is 0 Å². The van der Waals surface area contributed by atoms with E-state index in [1.54, 1.807) is 54.6 Å². The van der Waals surface area contributed by atoms with E-state index in [-0.39, 0.29) is 12.5 Å². The third kappa shape index (κ3) is 6.09. The molecule has 1 amide bonds. The number of ether oxygens (including phenoxy) is 4. The lowest BCUT2D eigenvalue weighted by molar-refractivity contribution is 0.0955. The average Bonchev–Trinajstić information content (AvgIpc) is 2.83. The van der Waals surface area contributed by atoms with Crippen molar-refractivity contribution in [1.29, 1.82) is 0 Å². The van der Waals surface area contributed by atoms with Gasteiger partial charge < -0.3 is 18.9 Å². The Kier molecular flexibility index (Phi) is 8.40. The Balaban J connectivity index is 1.61. The van der Waals surface area contributed by atoms with Gasteiger partial charge in [0.15, 0.2) is 11.5 Å². The Morgan fingerprint density at radius 1 is 0.939 bits per heavy atom. The van der Waals surface area contributed by atoms with Crippen molar-refractivity contribution in [3.05, 3.63) is 81.3 Å². The largest absolute Gasteiger partial charge is 0.493 e. The summed E-state index contributed by atoms with van der Waals surface area (Å²) in [5, 5.41) is 5.11. The van der Waals surface area contributed by atoms with Gasteiger partial charge in [-0.1, -0.05) is 29.3 Å². The van der Waals surface area contributed by atoms with Gasteiger partial charge in [0.2, 0.25) is 5.75 Å². The molecule has 0 aliphatic heterocycles. The van der Waals surface area contributed by atoms with Crippen molar-refractivity contribution >= 4 is 35.3 Å². The summed E-state index contributed by atoms with van der Waals surface area (Å²) in [7, 11) is 4.56. The number of hydrogen-bond donors (Lipinski definition) is 1. The van der Waals surface area contributed by atoms with Crippen molar-refractivity contribution in [2.24, 2.45) is 5.10 Å². The van der Waals surface area contributed by atoms with Gasteiger partial charge in [-0.25, -0.2) is 5.43 Å². The maximum atomic E-state index is 12.4. The third-order valence-electron chi connectivity index (χ3n) is 4.63. The van der Waals surface area contributed by atoms with Gasteiger partial charge in [0.05, 0.1) is 27.5 Å². The van der Waals surface area contributed by atoms with E-state index in [0.717, 1.165) is 5.56 Å². The molecule has 3 rings (SSSR count). The molecular formula is C24H22Cl2N2O5. The normalized spacial score (nSPS) is 10.7. The lowest BCUT2D eigenvalue weighted by Gasteiger charge is -2.13. The summed E-state index contributed by atoms with van der Waals surface area (Å²) in [6.45, 7) is 0.277. The predicted octanol–water partition coefficient (Wildman–Crippen LogP) is 5.36. The number of methoxy groups -OCH3 is 3. The van der Waals surface area contributed by atoms with Gasteiger partial charge in [-0.05, 0) is 48.5 Å². The minimum atomic E-state index is -0.377. The molecule has 0 aromatic heterocycles. The summed E-state index contributed by atoms with van der Waals surface area (Å²) in [5.74, 6) is 1.62. The zero-order chi connectivity index (χ0) is 23.8. The Morgan fingerprint density at radius 3 is 2.30 bits per heavy atom. The van der Waals surface area contributed by atoms with E-state index in [4.69, 9.17) is 42.1 Å². The zero-order valence-corrected chi connectivity index (χ0v) is 19.7. The summed E-state index contributed by atoms with van der Waals surface area (Å²) in [6.07, 6.45) is 1.46.